The fraction of sp³-hybridized carbons (Fsp3) is 0.111. The summed E-state index contributed by atoms with van der Waals surface area (Å²) in [4.78, 5) is 10.6. The SMILES string of the molecule is N#CC(Br)C(=O)c1ccccc1. The fourth-order valence-electron chi connectivity index (χ4n) is 0.807. The van der Waals surface area contributed by atoms with Crippen LogP contribution in [0.2, 0.25) is 0 Å². The van der Waals surface area contributed by atoms with Crippen molar-refractivity contribution >= 4 is 21.7 Å². The molecule has 12 heavy (non-hydrogen) atoms. The molecular weight excluding hydrogens is 218 g/mol. The molecule has 0 fully saturated rings. The van der Waals surface area contributed by atoms with Crippen LogP contribution in [-0.2, 0) is 0 Å². The van der Waals surface area contributed by atoms with Crippen LogP contribution in [0.4, 0.5) is 0 Å². The zero-order valence-corrected chi connectivity index (χ0v) is 7.78. The molecule has 1 aromatic rings. The standard InChI is InChI=1S/C9H6BrNO/c10-8(6-11)9(12)7-4-2-1-3-5-7/h1-5,8H. The number of hydrogen-bond acceptors (Lipinski definition) is 2. The number of ketones is 1. The summed E-state index contributed by atoms with van der Waals surface area (Å²) < 4.78 is 0. The van der Waals surface area contributed by atoms with E-state index in [2.05, 4.69) is 15.9 Å². The predicted octanol–water partition coefficient (Wildman–Crippen LogP) is 2.16. The summed E-state index contributed by atoms with van der Waals surface area (Å²) in [7, 11) is 0. The Morgan fingerprint density at radius 2 is 2.00 bits per heavy atom. The van der Waals surface area contributed by atoms with Gasteiger partial charge in [0, 0.05) is 5.56 Å². The van der Waals surface area contributed by atoms with E-state index in [0.717, 1.165) is 0 Å². The van der Waals surface area contributed by atoms with E-state index in [0.29, 0.717) is 5.56 Å². The van der Waals surface area contributed by atoms with Crippen molar-refractivity contribution in [2.24, 2.45) is 0 Å². The minimum Gasteiger partial charge on any atom is -0.292 e. The predicted molar refractivity (Wildman–Crippen MR) is 49.1 cm³/mol. The summed E-state index contributed by atoms with van der Waals surface area (Å²) in [6.07, 6.45) is 0. The lowest BCUT2D eigenvalue weighted by atomic mass is 10.1. The van der Waals surface area contributed by atoms with Crippen molar-refractivity contribution in [1.29, 1.82) is 5.26 Å². The largest absolute Gasteiger partial charge is 0.292 e. The van der Waals surface area contributed by atoms with Crippen LogP contribution in [0.25, 0.3) is 0 Å². The molecular formula is C9H6BrNO. The number of halogens is 1. The van der Waals surface area contributed by atoms with Gasteiger partial charge in [-0.15, -0.1) is 0 Å². The van der Waals surface area contributed by atoms with E-state index < -0.39 is 4.83 Å². The van der Waals surface area contributed by atoms with Crippen molar-refractivity contribution in [3.05, 3.63) is 35.9 Å². The van der Waals surface area contributed by atoms with Crippen molar-refractivity contribution in [3.63, 3.8) is 0 Å². The number of benzene rings is 1. The highest BCUT2D eigenvalue weighted by atomic mass is 79.9. The van der Waals surface area contributed by atoms with Gasteiger partial charge in [-0.25, -0.2) is 0 Å². The van der Waals surface area contributed by atoms with Gasteiger partial charge in [-0.05, 0) is 0 Å². The Morgan fingerprint density at radius 1 is 1.42 bits per heavy atom. The molecule has 0 N–H and O–H groups in total. The second-order valence-corrected chi connectivity index (χ2v) is 3.14. The van der Waals surface area contributed by atoms with E-state index >= 15 is 0 Å². The van der Waals surface area contributed by atoms with Gasteiger partial charge < -0.3 is 0 Å². The third-order valence-corrected chi connectivity index (χ3v) is 2.02. The van der Waals surface area contributed by atoms with E-state index in [9.17, 15) is 4.79 Å². The molecule has 1 rings (SSSR count). The van der Waals surface area contributed by atoms with Crippen LogP contribution >= 0.6 is 15.9 Å². The van der Waals surface area contributed by atoms with E-state index in [4.69, 9.17) is 5.26 Å². The second kappa shape index (κ2) is 4.03. The zero-order valence-electron chi connectivity index (χ0n) is 6.20. The molecule has 0 amide bonds. The van der Waals surface area contributed by atoms with Gasteiger partial charge in [0.15, 0.2) is 10.6 Å². The zero-order chi connectivity index (χ0) is 8.97. The molecule has 0 aromatic heterocycles. The molecule has 0 heterocycles. The lowest BCUT2D eigenvalue weighted by Gasteiger charge is -1.98. The summed E-state index contributed by atoms with van der Waals surface area (Å²) in [5.41, 5.74) is 0.556. The van der Waals surface area contributed by atoms with E-state index in [1.807, 2.05) is 12.1 Å². The van der Waals surface area contributed by atoms with Crippen molar-refractivity contribution in [3.8, 4) is 6.07 Å². The molecule has 3 heteroatoms. The highest BCUT2D eigenvalue weighted by molar-refractivity contribution is 9.10. The summed E-state index contributed by atoms with van der Waals surface area (Å²) in [6.45, 7) is 0. The maximum atomic E-state index is 11.3. The van der Waals surface area contributed by atoms with Crippen LogP contribution in [0.1, 0.15) is 10.4 Å². The molecule has 1 unspecified atom stereocenters. The third kappa shape index (κ3) is 1.93. The van der Waals surface area contributed by atoms with Gasteiger partial charge in [-0.2, -0.15) is 5.26 Å². The summed E-state index contributed by atoms with van der Waals surface area (Å²) in [5, 5.41) is 8.45. The minimum absolute atomic E-state index is 0.196. The summed E-state index contributed by atoms with van der Waals surface area (Å²) in [5.74, 6) is -0.196. The van der Waals surface area contributed by atoms with Gasteiger partial charge in [-0.1, -0.05) is 46.3 Å². The third-order valence-electron chi connectivity index (χ3n) is 1.40. The number of Topliss-reactive ketones (excluding diaryl/α,β-unsaturated/α-hetero) is 1. The molecule has 0 saturated carbocycles. The van der Waals surface area contributed by atoms with Crippen molar-refractivity contribution < 1.29 is 4.79 Å². The van der Waals surface area contributed by atoms with Crippen LogP contribution in [-0.4, -0.2) is 10.6 Å². The van der Waals surface area contributed by atoms with Gasteiger partial charge in [0.1, 0.15) is 0 Å². The van der Waals surface area contributed by atoms with Crippen molar-refractivity contribution in [1.82, 2.24) is 0 Å². The van der Waals surface area contributed by atoms with Gasteiger partial charge in [0.05, 0.1) is 6.07 Å². The van der Waals surface area contributed by atoms with E-state index in [1.54, 1.807) is 24.3 Å². The number of hydrogen-bond donors (Lipinski definition) is 0. The smallest absolute Gasteiger partial charge is 0.190 e. The molecule has 2 nitrogen and oxygen atoms in total. The Kier molecular flexibility index (Phi) is 3.01. The van der Waals surface area contributed by atoms with Gasteiger partial charge in [0.25, 0.3) is 0 Å². The Morgan fingerprint density at radius 3 is 2.50 bits per heavy atom. The first-order valence-corrected chi connectivity index (χ1v) is 4.30. The first kappa shape index (κ1) is 8.95. The minimum atomic E-state index is -0.736. The monoisotopic (exact) mass is 223 g/mol. The highest BCUT2D eigenvalue weighted by Gasteiger charge is 2.14. The summed E-state index contributed by atoms with van der Waals surface area (Å²) >= 11 is 2.97. The molecule has 0 saturated heterocycles. The molecule has 0 aliphatic carbocycles. The number of alkyl halides is 1. The van der Waals surface area contributed by atoms with Crippen LogP contribution in [0.5, 0.6) is 0 Å². The fourth-order valence-corrected chi connectivity index (χ4v) is 1.07. The van der Waals surface area contributed by atoms with Gasteiger partial charge >= 0.3 is 0 Å². The van der Waals surface area contributed by atoms with Crippen molar-refractivity contribution in [2.45, 2.75) is 4.83 Å². The van der Waals surface area contributed by atoms with Crippen LogP contribution < -0.4 is 0 Å². The maximum Gasteiger partial charge on any atom is 0.190 e. The highest BCUT2D eigenvalue weighted by Crippen LogP contribution is 2.08. The second-order valence-electron chi connectivity index (χ2n) is 2.22. The molecule has 1 aromatic carbocycles. The molecule has 0 spiro atoms. The topological polar surface area (TPSA) is 40.9 Å². The average molecular weight is 224 g/mol. The normalized spacial score (nSPS) is 11.7. The molecule has 0 aliphatic heterocycles. The average Bonchev–Trinajstić information content (AvgIpc) is 2.17. The number of nitrogens with zero attached hydrogens (tertiary/aromatic N) is 1. The Bertz CT molecular complexity index is 315. The molecule has 60 valence electrons. The quantitative estimate of drug-likeness (QED) is 0.570. The number of rotatable bonds is 2. The summed E-state index contributed by atoms with van der Waals surface area (Å²) in [6, 6.07) is 10.6. The molecule has 0 bridgehead atoms. The Hall–Kier alpha value is -1.14. The lowest BCUT2D eigenvalue weighted by Crippen LogP contribution is -2.11. The Balaban J connectivity index is 2.88. The van der Waals surface area contributed by atoms with Gasteiger partial charge in [-0.3, -0.25) is 4.79 Å². The van der Waals surface area contributed by atoms with E-state index in [-0.39, 0.29) is 5.78 Å². The molecule has 1 atom stereocenters. The number of carbonyl (C=O) groups excluding carboxylic acids is 1. The van der Waals surface area contributed by atoms with E-state index in [1.165, 1.54) is 0 Å². The lowest BCUT2D eigenvalue weighted by molar-refractivity contribution is 0.100. The van der Waals surface area contributed by atoms with Crippen LogP contribution in [0, 0.1) is 11.3 Å². The number of nitriles is 1. The Labute approximate surface area is 78.9 Å². The van der Waals surface area contributed by atoms with Gasteiger partial charge in [0.2, 0.25) is 0 Å². The first-order valence-electron chi connectivity index (χ1n) is 3.38. The first-order chi connectivity index (χ1) is 5.75. The molecule has 0 aliphatic rings. The number of carbonyl (C=O) groups is 1. The van der Waals surface area contributed by atoms with Crippen LogP contribution in [0.15, 0.2) is 30.3 Å². The molecule has 0 radical (unpaired) electrons. The maximum absolute atomic E-state index is 11.3. The van der Waals surface area contributed by atoms with Crippen LogP contribution in [0.3, 0.4) is 0 Å². The van der Waals surface area contributed by atoms with Crippen molar-refractivity contribution in [2.75, 3.05) is 0 Å².